The van der Waals surface area contributed by atoms with E-state index in [1.165, 1.54) is 6.92 Å². The molecule has 1 aromatic rings. The van der Waals surface area contributed by atoms with Gasteiger partial charge in [0.1, 0.15) is 11.6 Å². The molecule has 3 unspecified atom stereocenters. The highest BCUT2D eigenvalue weighted by atomic mass is 32.2. The third-order valence-electron chi connectivity index (χ3n) is 5.73. The zero-order valence-electron chi connectivity index (χ0n) is 21.1. The molecule has 1 N–H and O–H groups in total. The van der Waals surface area contributed by atoms with E-state index in [1.54, 1.807) is 11.8 Å². The Balaban J connectivity index is 3.02. The van der Waals surface area contributed by atoms with Gasteiger partial charge in [-0.3, -0.25) is 14.4 Å². The summed E-state index contributed by atoms with van der Waals surface area (Å²) in [4.78, 5) is 51.0. The van der Waals surface area contributed by atoms with Gasteiger partial charge < -0.3 is 10.1 Å². The van der Waals surface area contributed by atoms with Gasteiger partial charge in [-0.05, 0) is 49.7 Å². The molecule has 0 aliphatic carbocycles. The molecule has 1 aromatic carbocycles. The van der Waals surface area contributed by atoms with Crippen LogP contribution in [0, 0.1) is 23.7 Å². The molecule has 0 aliphatic rings. The molecule has 5 nitrogen and oxygen atoms in total. The fraction of sp³-hybridized carbons (Fsp3) is 0.630. The van der Waals surface area contributed by atoms with Crippen molar-refractivity contribution in [3.05, 3.63) is 35.9 Å². The second kappa shape index (κ2) is 15.0. The first-order valence-electron chi connectivity index (χ1n) is 11.9. The van der Waals surface area contributed by atoms with Crippen molar-refractivity contribution in [2.75, 3.05) is 12.0 Å². The minimum absolute atomic E-state index is 0.0338. The Bertz CT molecular complexity index is 776. The van der Waals surface area contributed by atoms with Crippen LogP contribution in [-0.2, 0) is 25.6 Å². The minimum Gasteiger partial charge on any atom is -0.346 e. The molecule has 0 aromatic heterocycles. The standard InChI is InChI=1S/C27H41NO4S/c1-18(2)14-24(28-27(32)22(12-13-33-6)15-20(5)29)25(30)17-23(26(31)19(3)4)16-21-10-8-7-9-11-21/h7-11,18-19,22-24H,12-17H2,1-6H3,(H,28,32). The lowest BCUT2D eigenvalue weighted by molar-refractivity contribution is -0.134. The highest BCUT2D eigenvalue weighted by Crippen LogP contribution is 2.21. The van der Waals surface area contributed by atoms with E-state index >= 15 is 0 Å². The largest absolute Gasteiger partial charge is 0.346 e. The van der Waals surface area contributed by atoms with E-state index in [9.17, 15) is 19.2 Å². The van der Waals surface area contributed by atoms with Crippen molar-refractivity contribution < 1.29 is 19.2 Å². The van der Waals surface area contributed by atoms with Crippen molar-refractivity contribution >= 4 is 35.0 Å². The number of hydrogen-bond acceptors (Lipinski definition) is 5. The predicted molar refractivity (Wildman–Crippen MR) is 136 cm³/mol. The van der Waals surface area contributed by atoms with Gasteiger partial charge in [0, 0.05) is 30.6 Å². The van der Waals surface area contributed by atoms with Crippen molar-refractivity contribution in [3.8, 4) is 0 Å². The summed E-state index contributed by atoms with van der Waals surface area (Å²) in [5.41, 5.74) is 1.02. The van der Waals surface area contributed by atoms with Crippen molar-refractivity contribution in [3.63, 3.8) is 0 Å². The third-order valence-corrected chi connectivity index (χ3v) is 6.38. The average Bonchev–Trinajstić information content (AvgIpc) is 2.75. The lowest BCUT2D eigenvalue weighted by Gasteiger charge is -2.25. The van der Waals surface area contributed by atoms with Crippen LogP contribution in [0.3, 0.4) is 0 Å². The molecule has 1 amide bonds. The van der Waals surface area contributed by atoms with Crippen LogP contribution in [0.4, 0.5) is 0 Å². The Morgan fingerprint density at radius 2 is 1.58 bits per heavy atom. The Morgan fingerprint density at radius 1 is 0.939 bits per heavy atom. The topological polar surface area (TPSA) is 80.3 Å². The third kappa shape index (κ3) is 11.1. The number of carbonyl (C=O) groups excluding carboxylic acids is 4. The molecular weight excluding hydrogens is 434 g/mol. The SMILES string of the molecule is CSCCC(CC(C)=O)C(=O)NC(CC(C)C)C(=O)CC(Cc1ccccc1)C(=O)C(C)C. The molecule has 0 radical (unpaired) electrons. The van der Waals surface area contributed by atoms with Crippen LogP contribution in [0.2, 0.25) is 0 Å². The lowest BCUT2D eigenvalue weighted by atomic mass is 9.83. The van der Waals surface area contributed by atoms with Gasteiger partial charge >= 0.3 is 0 Å². The second-order valence-electron chi connectivity index (χ2n) is 9.69. The maximum absolute atomic E-state index is 13.4. The van der Waals surface area contributed by atoms with E-state index in [0.717, 1.165) is 11.3 Å². The van der Waals surface area contributed by atoms with Gasteiger partial charge in [0.25, 0.3) is 0 Å². The molecule has 0 bridgehead atoms. The molecule has 0 fully saturated rings. The smallest absolute Gasteiger partial charge is 0.224 e. The van der Waals surface area contributed by atoms with Gasteiger partial charge in [0.05, 0.1) is 6.04 Å². The summed E-state index contributed by atoms with van der Waals surface area (Å²) < 4.78 is 0. The Kier molecular flexibility index (Phi) is 13.3. The van der Waals surface area contributed by atoms with Gasteiger partial charge in [-0.25, -0.2) is 0 Å². The number of thioether (sulfide) groups is 1. The maximum Gasteiger partial charge on any atom is 0.224 e. The van der Waals surface area contributed by atoms with Crippen LogP contribution in [0.15, 0.2) is 30.3 Å². The summed E-state index contributed by atoms with van der Waals surface area (Å²) in [6.07, 6.45) is 3.85. The quantitative estimate of drug-likeness (QED) is 0.367. The van der Waals surface area contributed by atoms with Gasteiger partial charge in [-0.2, -0.15) is 11.8 Å². The first kappa shape index (κ1) is 29.1. The van der Waals surface area contributed by atoms with Crippen LogP contribution in [0.5, 0.6) is 0 Å². The van der Waals surface area contributed by atoms with Crippen molar-refractivity contribution in [1.82, 2.24) is 5.32 Å². The molecule has 3 atom stereocenters. The molecule has 0 heterocycles. The maximum atomic E-state index is 13.4. The van der Waals surface area contributed by atoms with E-state index in [1.807, 2.05) is 64.3 Å². The number of amides is 1. The number of nitrogens with one attached hydrogen (secondary N) is 1. The molecule has 0 aliphatic heterocycles. The number of benzene rings is 1. The van der Waals surface area contributed by atoms with E-state index in [2.05, 4.69) is 5.32 Å². The molecule has 1 rings (SSSR count). The van der Waals surface area contributed by atoms with E-state index < -0.39 is 17.9 Å². The normalized spacial score (nSPS) is 14.1. The van der Waals surface area contributed by atoms with E-state index in [0.29, 0.717) is 19.3 Å². The summed E-state index contributed by atoms with van der Waals surface area (Å²) in [5.74, 6) is -0.376. The molecule has 0 spiro atoms. The van der Waals surface area contributed by atoms with Gasteiger partial charge in [-0.15, -0.1) is 0 Å². The zero-order chi connectivity index (χ0) is 25.0. The number of Topliss-reactive ketones (excluding diaryl/α,β-unsaturated/α-hetero) is 3. The second-order valence-corrected chi connectivity index (χ2v) is 10.7. The van der Waals surface area contributed by atoms with Crippen LogP contribution in [-0.4, -0.2) is 41.3 Å². The number of rotatable bonds is 16. The fourth-order valence-corrected chi connectivity index (χ4v) is 4.51. The Morgan fingerprint density at radius 3 is 2.09 bits per heavy atom. The predicted octanol–water partition coefficient (Wildman–Crippen LogP) is 4.91. The number of hydrogen-bond donors (Lipinski definition) is 1. The number of carbonyl (C=O) groups is 4. The average molecular weight is 476 g/mol. The van der Waals surface area contributed by atoms with Crippen molar-refractivity contribution in [2.24, 2.45) is 23.7 Å². The molecule has 33 heavy (non-hydrogen) atoms. The van der Waals surface area contributed by atoms with Gasteiger partial charge in [0.2, 0.25) is 5.91 Å². The molecule has 0 saturated heterocycles. The molecule has 6 heteroatoms. The summed E-state index contributed by atoms with van der Waals surface area (Å²) in [6, 6.07) is 9.07. The van der Waals surface area contributed by atoms with E-state index in [4.69, 9.17) is 0 Å². The molecule has 0 saturated carbocycles. The van der Waals surface area contributed by atoms with Crippen LogP contribution >= 0.6 is 11.8 Å². The van der Waals surface area contributed by atoms with Crippen LogP contribution in [0.1, 0.15) is 65.9 Å². The highest BCUT2D eigenvalue weighted by molar-refractivity contribution is 7.98. The van der Waals surface area contributed by atoms with E-state index in [-0.39, 0.29) is 47.9 Å². The molecule has 184 valence electrons. The highest BCUT2D eigenvalue weighted by Gasteiger charge is 2.31. The summed E-state index contributed by atoms with van der Waals surface area (Å²) in [7, 11) is 0. The molecular formula is C27H41NO4S. The monoisotopic (exact) mass is 475 g/mol. The minimum atomic E-state index is -0.653. The van der Waals surface area contributed by atoms with Gasteiger partial charge in [-0.1, -0.05) is 58.0 Å². The summed E-state index contributed by atoms with van der Waals surface area (Å²) in [6.45, 7) is 9.22. The van der Waals surface area contributed by atoms with Crippen LogP contribution in [0.25, 0.3) is 0 Å². The van der Waals surface area contributed by atoms with Crippen LogP contribution < -0.4 is 5.32 Å². The lowest BCUT2D eigenvalue weighted by Crippen LogP contribution is -2.46. The first-order valence-corrected chi connectivity index (χ1v) is 13.3. The first-order chi connectivity index (χ1) is 15.5. The number of ketones is 3. The summed E-state index contributed by atoms with van der Waals surface area (Å²) in [5, 5.41) is 2.94. The van der Waals surface area contributed by atoms with Crippen molar-refractivity contribution in [1.29, 1.82) is 0 Å². The van der Waals surface area contributed by atoms with Gasteiger partial charge in [0.15, 0.2) is 5.78 Å². The zero-order valence-corrected chi connectivity index (χ0v) is 21.9. The Labute approximate surface area is 203 Å². The summed E-state index contributed by atoms with van der Waals surface area (Å²) >= 11 is 1.63. The Hall–Kier alpha value is -1.95. The van der Waals surface area contributed by atoms with Crippen molar-refractivity contribution in [2.45, 2.75) is 72.8 Å². The fourth-order valence-electron chi connectivity index (χ4n) is 3.99.